The molecule has 0 aliphatic heterocycles. The molecule has 0 atom stereocenters. The van der Waals surface area contributed by atoms with Gasteiger partial charge >= 0.3 is 0 Å². The van der Waals surface area contributed by atoms with Crippen molar-refractivity contribution in [3.05, 3.63) is 33.8 Å². The maximum atomic E-state index is 8.37. The fourth-order valence-electron chi connectivity index (χ4n) is 1.40. The number of halogens is 1. The molecule has 3 heteroatoms. The van der Waals surface area contributed by atoms with Crippen molar-refractivity contribution in [3.8, 4) is 6.07 Å². The molecule has 15 heavy (non-hydrogen) atoms. The first-order valence-corrected chi connectivity index (χ1v) is 5.86. The standard InChI is InChI=1S/C12H15BrN2/c1-10-3-4-12(13)9-11(10)5-8-15-7-2-6-14/h3-4,9,15H,2,5,7-8H2,1H3. The smallest absolute Gasteiger partial charge is 0.0635 e. The summed E-state index contributed by atoms with van der Waals surface area (Å²) < 4.78 is 1.13. The molecule has 0 spiro atoms. The molecule has 0 saturated heterocycles. The molecule has 1 N–H and O–H groups in total. The Kier molecular flexibility index (Phi) is 5.38. The third-order valence-electron chi connectivity index (χ3n) is 2.30. The summed E-state index contributed by atoms with van der Waals surface area (Å²) >= 11 is 3.47. The van der Waals surface area contributed by atoms with Gasteiger partial charge < -0.3 is 5.32 Å². The molecule has 1 aromatic rings. The maximum Gasteiger partial charge on any atom is 0.0635 e. The summed E-state index contributed by atoms with van der Waals surface area (Å²) in [6.07, 6.45) is 1.59. The van der Waals surface area contributed by atoms with Crippen LogP contribution in [0.2, 0.25) is 0 Å². The number of nitrogens with one attached hydrogen (secondary N) is 1. The van der Waals surface area contributed by atoms with E-state index in [1.54, 1.807) is 0 Å². The molecule has 0 radical (unpaired) electrons. The summed E-state index contributed by atoms with van der Waals surface area (Å²) in [5.41, 5.74) is 2.68. The second-order valence-corrected chi connectivity index (χ2v) is 4.39. The van der Waals surface area contributed by atoms with Crippen molar-refractivity contribution in [3.63, 3.8) is 0 Å². The predicted octanol–water partition coefficient (Wildman–Crippen LogP) is 2.80. The van der Waals surface area contributed by atoms with Crippen LogP contribution in [0, 0.1) is 18.3 Å². The molecule has 0 unspecified atom stereocenters. The van der Waals surface area contributed by atoms with Gasteiger partial charge in [0.2, 0.25) is 0 Å². The van der Waals surface area contributed by atoms with Crippen LogP contribution in [0.4, 0.5) is 0 Å². The number of aryl methyl sites for hydroxylation is 1. The highest BCUT2D eigenvalue weighted by Gasteiger charge is 1.98. The Morgan fingerprint density at radius 1 is 1.40 bits per heavy atom. The zero-order chi connectivity index (χ0) is 11.1. The van der Waals surface area contributed by atoms with Crippen molar-refractivity contribution in [2.75, 3.05) is 13.1 Å². The molecule has 80 valence electrons. The normalized spacial score (nSPS) is 9.93. The van der Waals surface area contributed by atoms with Crippen LogP contribution in [-0.2, 0) is 6.42 Å². The van der Waals surface area contributed by atoms with Crippen molar-refractivity contribution < 1.29 is 0 Å². The Labute approximate surface area is 99.4 Å². The van der Waals surface area contributed by atoms with Crippen LogP contribution in [0.3, 0.4) is 0 Å². The minimum atomic E-state index is 0.581. The second-order valence-electron chi connectivity index (χ2n) is 3.48. The fourth-order valence-corrected chi connectivity index (χ4v) is 1.81. The van der Waals surface area contributed by atoms with Gasteiger partial charge in [0.05, 0.1) is 6.07 Å². The summed E-state index contributed by atoms with van der Waals surface area (Å²) in [7, 11) is 0. The number of hydrogen-bond acceptors (Lipinski definition) is 2. The van der Waals surface area contributed by atoms with Gasteiger partial charge in [-0.25, -0.2) is 0 Å². The van der Waals surface area contributed by atoms with Crippen LogP contribution in [0.1, 0.15) is 17.5 Å². The molecule has 2 nitrogen and oxygen atoms in total. The molecule has 0 bridgehead atoms. The quantitative estimate of drug-likeness (QED) is 0.833. The summed E-state index contributed by atoms with van der Waals surface area (Å²) in [6, 6.07) is 8.45. The lowest BCUT2D eigenvalue weighted by atomic mass is 10.1. The van der Waals surface area contributed by atoms with Crippen LogP contribution in [0.15, 0.2) is 22.7 Å². The largest absolute Gasteiger partial charge is 0.315 e. The average Bonchev–Trinajstić information content (AvgIpc) is 2.23. The van der Waals surface area contributed by atoms with Crippen LogP contribution in [0.25, 0.3) is 0 Å². The van der Waals surface area contributed by atoms with Crippen LogP contribution >= 0.6 is 15.9 Å². The molecule has 0 aliphatic rings. The van der Waals surface area contributed by atoms with E-state index in [0.29, 0.717) is 6.42 Å². The van der Waals surface area contributed by atoms with Crippen LogP contribution in [-0.4, -0.2) is 13.1 Å². The van der Waals surface area contributed by atoms with Gasteiger partial charge in [0.15, 0.2) is 0 Å². The molecule has 1 rings (SSSR count). The Balaban J connectivity index is 2.37. The Morgan fingerprint density at radius 2 is 2.20 bits per heavy atom. The van der Waals surface area contributed by atoms with E-state index < -0.39 is 0 Å². The van der Waals surface area contributed by atoms with Crippen molar-refractivity contribution in [1.82, 2.24) is 5.32 Å². The molecule has 0 saturated carbocycles. The Hall–Kier alpha value is -0.850. The summed E-state index contributed by atoms with van der Waals surface area (Å²) in [6.45, 7) is 3.83. The average molecular weight is 267 g/mol. The fraction of sp³-hybridized carbons (Fsp3) is 0.417. The Bertz CT molecular complexity index is 355. The lowest BCUT2D eigenvalue weighted by molar-refractivity contribution is 0.691. The summed E-state index contributed by atoms with van der Waals surface area (Å²) in [5.74, 6) is 0. The van der Waals surface area contributed by atoms with Crippen molar-refractivity contribution in [2.24, 2.45) is 0 Å². The van der Waals surface area contributed by atoms with Gasteiger partial charge in [0.25, 0.3) is 0 Å². The lowest BCUT2D eigenvalue weighted by Gasteiger charge is -2.06. The SMILES string of the molecule is Cc1ccc(Br)cc1CCNCCC#N. The molecule has 0 aromatic heterocycles. The van der Waals surface area contributed by atoms with Crippen molar-refractivity contribution in [1.29, 1.82) is 5.26 Å². The lowest BCUT2D eigenvalue weighted by Crippen LogP contribution is -2.18. The van der Waals surface area contributed by atoms with Crippen LogP contribution < -0.4 is 5.32 Å². The molecule has 1 aromatic carbocycles. The molecule has 0 amide bonds. The first-order valence-electron chi connectivity index (χ1n) is 5.06. The van der Waals surface area contributed by atoms with E-state index in [1.807, 2.05) is 0 Å². The number of benzene rings is 1. The van der Waals surface area contributed by atoms with Gasteiger partial charge in [0, 0.05) is 17.4 Å². The topological polar surface area (TPSA) is 35.8 Å². The van der Waals surface area contributed by atoms with E-state index in [9.17, 15) is 0 Å². The minimum Gasteiger partial charge on any atom is -0.315 e. The highest BCUT2D eigenvalue weighted by Crippen LogP contribution is 2.16. The number of hydrogen-bond donors (Lipinski definition) is 1. The highest BCUT2D eigenvalue weighted by atomic mass is 79.9. The zero-order valence-corrected chi connectivity index (χ0v) is 10.5. The molecule has 0 heterocycles. The highest BCUT2D eigenvalue weighted by molar-refractivity contribution is 9.10. The van der Waals surface area contributed by atoms with E-state index in [1.165, 1.54) is 11.1 Å². The minimum absolute atomic E-state index is 0.581. The second kappa shape index (κ2) is 6.60. The van der Waals surface area contributed by atoms with Gasteiger partial charge in [-0.2, -0.15) is 5.26 Å². The molecular weight excluding hydrogens is 252 g/mol. The van der Waals surface area contributed by atoms with E-state index >= 15 is 0 Å². The summed E-state index contributed by atoms with van der Waals surface area (Å²) in [4.78, 5) is 0. The Morgan fingerprint density at radius 3 is 2.93 bits per heavy atom. The van der Waals surface area contributed by atoms with Gasteiger partial charge in [-0.3, -0.25) is 0 Å². The maximum absolute atomic E-state index is 8.37. The first kappa shape index (κ1) is 12.2. The van der Waals surface area contributed by atoms with Gasteiger partial charge in [-0.05, 0) is 43.1 Å². The number of nitrogens with zero attached hydrogens (tertiary/aromatic N) is 1. The summed E-state index contributed by atoms with van der Waals surface area (Å²) in [5, 5.41) is 11.6. The van der Waals surface area contributed by atoms with Gasteiger partial charge in [-0.1, -0.05) is 22.0 Å². The third kappa shape index (κ3) is 4.46. The van der Waals surface area contributed by atoms with E-state index in [0.717, 1.165) is 24.0 Å². The number of nitriles is 1. The molecule has 0 fully saturated rings. The van der Waals surface area contributed by atoms with Crippen molar-refractivity contribution in [2.45, 2.75) is 19.8 Å². The number of rotatable bonds is 5. The monoisotopic (exact) mass is 266 g/mol. The van der Waals surface area contributed by atoms with Gasteiger partial charge in [0.1, 0.15) is 0 Å². The van der Waals surface area contributed by atoms with E-state index in [2.05, 4.69) is 52.4 Å². The van der Waals surface area contributed by atoms with Crippen LogP contribution in [0.5, 0.6) is 0 Å². The van der Waals surface area contributed by atoms with Crippen molar-refractivity contribution >= 4 is 15.9 Å². The van der Waals surface area contributed by atoms with E-state index in [4.69, 9.17) is 5.26 Å². The molecule has 0 aliphatic carbocycles. The van der Waals surface area contributed by atoms with E-state index in [-0.39, 0.29) is 0 Å². The van der Waals surface area contributed by atoms with Gasteiger partial charge in [-0.15, -0.1) is 0 Å². The third-order valence-corrected chi connectivity index (χ3v) is 2.79. The predicted molar refractivity (Wildman–Crippen MR) is 65.7 cm³/mol. The zero-order valence-electron chi connectivity index (χ0n) is 8.89. The molecular formula is C12H15BrN2. The first-order chi connectivity index (χ1) is 7.24.